The van der Waals surface area contributed by atoms with Gasteiger partial charge in [0, 0.05) is 52.5 Å². The SMILES string of the molecule is CC1(C)C(/C=C/C2=C(Cl)C(=C/C=C3\N(CCCCS(=O)(=O)O)c4ccc(C(=O)O)cc4C3(C)C)CCC2)=[N+](CCCCS(=O)(=O)O)c2ccc(C(=O)O)cc21. The topological polar surface area (TPSA) is 190 Å². The molecular formula is C40H48ClN2O10S2+. The largest absolute Gasteiger partial charge is 0.478 e. The van der Waals surface area contributed by atoms with E-state index in [1.165, 1.54) is 0 Å². The third kappa shape index (κ3) is 9.49. The number of allylic oxidation sites excluding steroid dienone is 8. The third-order valence-corrected chi connectivity index (χ3v) is 12.8. The summed E-state index contributed by atoms with van der Waals surface area (Å²) in [6.45, 7) is 8.94. The number of nitrogens with zero attached hydrogens (tertiary/aromatic N) is 2. The molecule has 15 heteroatoms. The van der Waals surface area contributed by atoms with Crippen LogP contribution in [0.2, 0.25) is 0 Å². The van der Waals surface area contributed by atoms with Crippen LogP contribution in [0, 0.1) is 0 Å². The predicted molar refractivity (Wildman–Crippen MR) is 213 cm³/mol. The summed E-state index contributed by atoms with van der Waals surface area (Å²) >= 11 is 7.12. The van der Waals surface area contributed by atoms with Crippen molar-refractivity contribution in [1.29, 1.82) is 0 Å². The van der Waals surface area contributed by atoms with Crippen LogP contribution in [0.15, 0.2) is 82.6 Å². The maximum Gasteiger partial charge on any atom is 0.335 e. The number of anilines is 1. The van der Waals surface area contributed by atoms with Crippen molar-refractivity contribution >= 4 is 60.9 Å². The third-order valence-electron chi connectivity index (χ3n) is 10.7. The van der Waals surface area contributed by atoms with Crippen LogP contribution in [-0.2, 0) is 31.1 Å². The highest BCUT2D eigenvalue weighted by atomic mass is 35.5. The fraction of sp³-hybridized carbons (Fsp3) is 0.425. The van der Waals surface area contributed by atoms with Crippen molar-refractivity contribution in [3.63, 3.8) is 0 Å². The fourth-order valence-corrected chi connectivity index (χ4v) is 9.23. The lowest BCUT2D eigenvalue weighted by atomic mass is 9.80. The molecule has 3 aliphatic rings. The van der Waals surface area contributed by atoms with Crippen molar-refractivity contribution in [1.82, 2.24) is 0 Å². The average Bonchev–Trinajstić information content (AvgIpc) is 3.43. The van der Waals surface area contributed by atoms with Crippen molar-refractivity contribution < 1.29 is 50.3 Å². The van der Waals surface area contributed by atoms with Crippen LogP contribution in [0.1, 0.15) is 104 Å². The Morgan fingerprint density at radius 1 is 0.800 bits per heavy atom. The normalized spacial score (nSPS) is 19.5. The summed E-state index contributed by atoms with van der Waals surface area (Å²) in [4.78, 5) is 25.8. The quantitative estimate of drug-likeness (QED) is 0.0786. The summed E-state index contributed by atoms with van der Waals surface area (Å²) in [5.41, 5.74) is 6.06. The Balaban J connectivity index is 1.49. The molecule has 0 radical (unpaired) electrons. The smallest absolute Gasteiger partial charge is 0.335 e. The van der Waals surface area contributed by atoms with E-state index < -0.39 is 43.0 Å². The first-order chi connectivity index (χ1) is 25.6. The van der Waals surface area contributed by atoms with E-state index in [9.17, 15) is 45.7 Å². The number of benzene rings is 2. The maximum atomic E-state index is 11.9. The van der Waals surface area contributed by atoms with E-state index in [-0.39, 0.29) is 35.5 Å². The second-order valence-electron chi connectivity index (χ2n) is 15.3. The van der Waals surface area contributed by atoms with Gasteiger partial charge in [-0.15, -0.1) is 0 Å². The molecule has 296 valence electrons. The van der Waals surface area contributed by atoms with Crippen LogP contribution in [-0.4, -0.2) is 83.0 Å². The highest BCUT2D eigenvalue weighted by Crippen LogP contribution is 2.49. The molecule has 0 amide bonds. The van der Waals surface area contributed by atoms with Crippen LogP contribution in [0.5, 0.6) is 0 Å². The molecule has 0 saturated carbocycles. The van der Waals surface area contributed by atoms with E-state index in [0.29, 0.717) is 31.0 Å². The molecule has 2 aromatic rings. The van der Waals surface area contributed by atoms with Gasteiger partial charge in [0.25, 0.3) is 20.2 Å². The van der Waals surface area contributed by atoms with Gasteiger partial charge in [-0.2, -0.15) is 21.4 Å². The van der Waals surface area contributed by atoms with Crippen molar-refractivity contribution in [2.24, 2.45) is 0 Å². The van der Waals surface area contributed by atoms with Gasteiger partial charge in [-0.3, -0.25) is 9.11 Å². The van der Waals surface area contributed by atoms with Gasteiger partial charge >= 0.3 is 11.9 Å². The molecule has 0 saturated heterocycles. The standard InChI is InChI=1S/C40H47ClN2O10S2/c1-39(2)30-24-28(37(44)45)12-16-32(30)42(20-5-7-22-54(48,49)50)34(39)18-14-26-10-9-11-27(36(26)41)15-19-35-40(3,4)31-25-29(38(46)47)13-17-33(31)43(35)21-6-8-23-55(51,52)53/h12-19,24-25H,5-11,20-23H2,1-4H3,(H3-,44,45,46,47,48,49,50,51,52,53)/p+1. The zero-order chi connectivity index (χ0) is 40.5. The van der Waals surface area contributed by atoms with Gasteiger partial charge in [0.1, 0.15) is 6.54 Å². The van der Waals surface area contributed by atoms with Gasteiger partial charge in [-0.25, -0.2) is 9.59 Å². The number of unbranched alkanes of at least 4 members (excludes halogenated alkanes) is 2. The molecule has 0 aromatic heterocycles. The van der Waals surface area contributed by atoms with Crippen molar-refractivity contribution in [2.75, 3.05) is 29.5 Å². The Labute approximate surface area is 327 Å². The Bertz CT molecular complexity index is 2280. The Morgan fingerprint density at radius 3 is 2.02 bits per heavy atom. The number of carbonyl (C=O) groups is 2. The minimum absolute atomic E-state index is 0.165. The van der Waals surface area contributed by atoms with Gasteiger partial charge in [-0.1, -0.05) is 37.6 Å². The lowest BCUT2D eigenvalue weighted by molar-refractivity contribution is -0.438. The average molecular weight is 816 g/mol. The molecule has 0 bridgehead atoms. The van der Waals surface area contributed by atoms with Crippen molar-refractivity contribution in [2.45, 2.75) is 83.5 Å². The van der Waals surface area contributed by atoms with Gasteiger partial charge in [0.05, 0.1) is 28.0 Å². The number of aromatic carboxylic acids is 2. The zero-order valence-corrected chi connectivity index (χ0v) is 33.8. The van der Waals surface area contributed by atoms with Gasteiger partial charge in [-0.05, 0) is 105 Å². The van der Waals surface area contributed by atoms with E-state index in [1.807, 2.05) is 52.0 Å². The number of fused-ring (bicyclic) bond motifs is 2. The Morgan fingerprint density at radius 2 is 1.40 bits per heavy atom. The molecule has 2 aromatic carbocycles. The summed E-state index contributed by atoms with van der Waals surface area (Å²) in [6, 6.07) is 10.00. The number of carboxylic acid groups (broad SMARTS) is 2. The molecule has 0 fully saturated rings. The lowest BCUT2D eigenvalue weighted by Crippen LogP contribution is -2.28. The number of hydrogen-bond donors (Lipinski definition) is 4. The first kappa shape index (κ1) is 42.1. The molecule has 55 heavy (non-hydrogen) atoms. The number of halogens is 1. The molecule has 2 heterocycles. The molecule has 0 unspecified atom stereocenters. The molecule has 1 aliphatic carbocycles. The first-order valence-electron chi connectivity index (χ1n) is 18.2. The van der Waals surface area contributed by atoms with Gasteiger partial charge < -0.3 is 15.1 Å². The number of hydrogen-bond acceptors (Lipinski definition) is 7. The fourth-order valence-electron chi connectivity index (χ4n) is 7.77. The summed E-state index contributed by atoms with van der Waals surface area (Å²) < 4.78 is 66.0. The molecule has 5 rings (SSSR count). The summed E-state index contributed by atoms with van der Waals surface area (Å²) in [5.74, 6) is -2.78. The van der Waals surface area contributed by atoms with E-state index in [2.05, 4.69) is 9.48 Å². The minimum atomic E-state index is -4.10. The second kappa shape index (κ2) is 16.2. The maximum absolute atomic E-state index is 11.9. The number of carboxylic acids is 2. The van der Waals surface area contributed by atoms with E-state index in [1.54, 1.807) is 36.4 Å². The summed E-state index contributed by atoms with van der Waals surface area (Å²) in [5, 5.41) is 20.0. The summed E-state index contributed by atoms with van der Waals surface area (Å²) in [7, 11) is -8.21. The summed E-state index contributed by atoms with van der Waals surface area (Å²) in [6.07, 6.45) is 11.7. The highest BCUT2D eigenvalue weighted by Gasteiger charge is 2.45. The Hall–Kier alpha value is -4.08. The van der Waals surface area contributed by atoms with E-state index in [4.69, 9.17) is 11.6 Å². The van der Waals surface area contributed by atoms with Crippen LogP contribution in [0.25, 0.3) is 0 Å². The van der Waals surface area contributed by atoms with E-state index >= 15 is 0 Å². The van der Waals surface area contributed by atoms with Crippen LogP contribution < -0.4 is 4.90 Å². The molecular weight excluding hydrogens is 768 g/mol. The minimum Gasteiger partial charge on any atom is -0.478 e. The van der Waals surface area contributed by atoms with Gasteiger partial charge in [0.15, 0.2) is 5.71 Å². The van der Waals surface area contributed by atoms with Crippen LogP contribution in [0.4, 0.5) is 11.4 Å². The molecule has 12 nitrogen and oxygen atoms in total. The van der Waals surface area contributed by atoms with Crippen molar-refractivity contribution in [3.05, 3.63) is 105 Å². The lowest BCUT2D eigenvalue weighted by Gasteiger charge is -2.27. The van der Waals surface area contributed by atoms with Gasteiger partial charge in [0.2, 0.25) is 5.69 Å². The second-order valence-corrected chi connectivity index (χ2v) is 18.8. The molecule has 4 N–H and O–H groups in total. The monoisotopic (exact) mass is 815 g/mol. The molecule has 0 spiro atoms. The predicted octanol–water partition coefficient (Wildman–Crippen LogP) is 7.64. The molecule has 2 aliphatic heterocycles. The van der Waals surface area contributed by atoms with E-state index in [0.717, 1.165) is 64.3 Å². The van der Waals surface area contributed by atoms with Crippen molar-refractivity contribution in [3.8, 4) is 0 Å². The van der Waals surface area contributed by atoms with Crippen LogP contribution >= 0.6 is 11.6 Å². The first-order valence-corrected chi connectivity index (χ1v) is 21.8. The highest BCUT2D eigenvalue weighted by molar-refractivity contribution is 7.86. The zero-order valence-electron chi connectivity index (χ0n) is 31.4. The number of rotatable bonds is 15. The van der Waals surface area contributed by atoms with Crippen LogP contribution in [0.3, 0.4) is 0 Å². The molecule has 0 atom stereocenters. The Kier molecular flexibility index (Phi) is 12.4.